The number of fused-ring (bicyclic) bond motifs is 2. The summed E-state index contributed by atoms with van der Waals surface area (Å²) in [5.41, 5.74) is 35.7. The zero-order valence-corrected chi connectivity index (χ0v) is 83.8. The Morgan fingerprint density at radius 1 is 0.430 bits per heavy atom. The summed E-state index contributed by atoms with van der Waals surface area (Å²) in [4.78, 5) is 61.0. The SMILES string of the molecule is CC1=C(/C=C/c2cccc(C(O)CCN)c2)C(C)(C)CCC1.CC1=C(/C=C/c2cccc(C(O)CCN3C(=O)c4ccccc4C3=O)c2)C(C)(C)CCC1.CC1=C(C=Cc2cccc(I)c2)C(C)(C)CCC1.CC1=C(C[P+](c2ccccc2)(c2ccccc2)c2ccccc2)C(C)(C)CCC1.COc1cccc(I)c1.N=N.O=CCCN1C(=O)c2ccccc2C1=O.[Br-].[HH]. The van der Waals surface area contributed by atoms with E-state index in [0.29, 0.717) is 53.3 Å². The Kier molecular flexibility index (Phi) is 40.4. The molecule has 2 atom stereocenters. The second-order valence-electron chi connectivity index (χ2n) is 36.3. The van der Waals surface area contributed by atoms with Gasteiger partial charge in [-0.15, -0.1) is 0 Å². The summed E-state index contributed by atoms with van der Waals surface area (Å²) in [5, 5.41) is 25.3. The first-order chi connectivity index (χ1) is 60.8. The van der Waals surface area contributed by atoms with Crippen LogP contribution in [0.25, 0.3) is 18.2 Å². The number of hydrogen-bond acceptors (Lipinski definition) is 11. The first-order valence-corrected chi connectivity index (χ1v) is 48.8. The summed E-state index contributed by atoms with van der Waals surface area (Å²) in [5.74, 6) is -0.266. The highest BCUT2D eigenvalue weighted by Gasteiger charge is 2.49. The van der Waals surface area contributed by atoms with E-state index in [1.165, 1.54) is 132 Å². The molecule has 0 radical (unpaired) electrons. The number of hydrogen-bond donors (Lipinski definition) is 5. The van der Waals surface area contributed by atoms with Crippen molar-refractivity contribution >= 4 is 117 Å². The predicted octanol–water partition coefficient (Wildman–Crippen LogP) is 23.9. The molecule has 2 unspecified atom stereocenters. The van der Waals surface area contributed by atoms with Gasteiger partial charge in [0.15, 0.2) is 0 Å². The Hall–Kier alpha value is -9.24. The van der Waals surface area contributed by atoms with Crippen LogP contribution in [0.2, 0.25) is 0 Å². The molecule has 0 aromatic heterocycles. The zero-order valence-electron chi connectivity index (χ0n) is 77.0. The van der Waals surface area contributed by atoms with Gasteiger partial charge in [0.25, 0.3) is 23.6 Å². The molecule has 0 bridgehead atoms. The maximum atomic E-state index is 12.5. The third-order valence-electron chi connectivity index (χ3n) is 25.4. The number of carbonyl (C=O) groups is 5. The van der Waals surface area contributed by atoms with Crippen LogP contribution < -0.4 is 43.4 Å². The van der Waals surface area contributed by atoms with Gasteiger partial charge in [0.05, 0.1) is 47.7 Å². The molecule has 4 amide bonds. The number of rotatable bonds is 22. The highest BCUT2D eigenvalue weighted by molar-refractivity contribution is 14.1. The van der Waals surface area contributed by atoms with E-state index in [0.717, 1.165) is 45.5 Å². The van der Waals surface area contributed by atoms with Gasteiger partial charge in [0, 0.05) is 28.1 Å². The fraction of sp³-hybridized carbons (Fsp3) is 0.342. The van der Waals surface area contributed by atoms with E-state index >= 15 is 0 Å². The van der Waals surface area contributed by atoms with Crippen LogP contribution >= 0.6 is 52.4 Å². The number of nitrogens with one attached hydrogen (secondary N) is 2. The summed E-state index contributed by atoms with van der Waals surface area (Å²) >= 11 is 4.61. The van der Waals surface area contributed by atoms with Crippen LogP contribution in [0.1, 0.15) is 262 Å². The fourth-order valence-corrected chi connectivity index (χ4v) is 24.1. The van der Waals surface area contributed by atoms with Gasteiger partial charge < -0.3 is 42.5 Å². The van der Waals surface area contributed by atoms with Crippen molar-refractivity contribution in [1.29, 1.82) is 11.1 Å². The average molecular weight is 2030 g/mol. The summed E-state index contributed by atoms with van der Waals surface area (Å²) in [6.45, 7) is 28.9. The molecule has 17 heteroatoms. The number of allylic oxidation sites excluding steroid dienone is 11. The number of nitrogens with two attached hydrogens (primary N) is 1. The Labute approximate surface area is 802 Å². The fourth-order valence-electron chi connectivity index (χ4n) is 18.4. The second-order valence-corrected chi connectivity index (χ2v) is 42.3. The van der Waals surface area contributed by atoms with E-state index in [-0.39, 0.29) is 77.8 Å². The standard InChI is InChI=1S/C28H31NO3.C28H32P.C20H29NO.C17H21I.C11H9NO3.C7H7IO.BrH.H2N2.H2/c1-19-8-7-16-28(2,3)24(19)14-13-20-9-6-10-21(18-20)25(30)15-17-29-26(31)22-11-4-5-12-23(22)27(29)32;1-23-14-13-21-28(2,3)27(23)22-29(24-15-7-4-8-16-24,25-17-9-5-10-18-25)26-19-11-6-12-20-26;1-15-6-5-12-20(2,3)18(15)10-9-16-7-4-8-17(14-16)19(22)11-13-21;1-13-6-5-11-17(2,3)16(13)10-9-14-7-4-8-15(18)12-14;13-7-3-6-12-10(14)8-4-1-2-5-9(8)11(12)15;1-9-7-4-2-3-6(8)5-7;;1-2;/h4-6,9-14,18,25,30H,7-8,15-17H2,1-3H3;4-12,15-20H,13-14,21-22H2,1-3H3;4,7-10,14,19,22H,5-6,11-13,21H2,1-3H3;4,7-10,12H,5-6,11H2,1-3H3;1-2,4-5,7H,3,6H2;2-5H,1H3;1H;1-2H;1H/q;+1;;;;;;;/p-1/b14-13+;;10-9+;;;;;;. The molecule has 6 aliphatic rings. The van der Waals surface area contributed by atoms with Gasteiger partial charge in [0.1, 0.15) is 35.2 Å². The molecule has 0 saturated heterocycles. The number of amides is 4. The number of methoxy groups -OCH3 is 1. The molecule has 2 heterocycles. The third-order valence-corrected chi connectivity index (χ3v) is 31.1. The quantitative estimate of drug-likeness (QED) is 0.0109. The number of nitrogens with zero attached hydrogens (tertiary/aromatic N) is 2. The summed E-state index contributed by atoms with van der Waals surface area (Å²) in [6, 6.07) is 79.9. The van der Waals surface area contributed by atoms with Crippen LogP contribution in [0.5, 0.6) is 5.75 Å². The van der Waals surface area contributed by atoms with E-state index < -0.39 is 19.5 Å². The number of aliphatic hydroxyl groups excluding tert-OH is 2. The number of imide groups is 2. The summed E-state index contributed by atoms with van der Waals surface area (Å²) in [7, 11) is -0.125. The third kappa shape index (κ3) is 27.9. The molecule has 676 valence electrons. The Balaban J connectivity index is 0.000000218. The van der Waals surface area contributed by atoms with Crippen LogP contribution in [0.3, 0.4) is 0 Å². The maximum Gasteiger partial charge on any atom is 0.261 e. The molecule has 0 spiro atoms. The van der Waals surface area contributed by atoms with E-state index in [9.17, 15) is 34.2 Å². The lowest BCUT2D eigenvalue weighted by Crippen LogP contribution is -3.00. The van der Waals surface area contributed by atoms with Gasteiger partial charge >= 0.3 is 0 Å². The minimum absolute atomic E-state index is 0. The van der Waals surface area contributed by atoms with E-state index in [1.54, 1.807) is 72.4 Å². The number of benzene rings is 9. The van der Waals surface area contributed by atoms with Crippen molar-refractivity contribution in [3.05, 3.63) is 357 Å². The highest BCUT2D eigenvalue weighted by Crippen LogP contribution is 2.60. The van der Waals surface area contributed by atoms with Crippen molar-refractivity contribution in [3.63, 3.8) is 0 Å². The molecule has 0 fully saturated rings. The maximum absolute atomic E-state index is 12.5. The second kappa shape index (κ2) is 49.7. The van der Waals surface area contributed by atoms with Crippen LogP contribution in [-0.2, 0) is 4.79 Å². The van der Waals surface area contributed by atoms with Crippen LogP contribution in [0, 0.1) is 39.9 Å². The molecule has 6 N–H and O–H groups in total. The average Bonchev–Trinajstić information content (AvgIpc) is 1.49. The molecule has 4 aliphatic carbocycles. The molecule has 9 aromatic carbocycles. The van der Waals surface area contributed by atoms with Gasteiger partial charge in [-0.1, -0.05) is 248 Å². The molecule has 15 rings (SSSR count). The first-order valence-electron chi connectivity index (χ1n) is 44.6. The van der Waals surface area contributed by atoms with Gasteiger partial charge in [-0.3, -0.25) is 29.0 Å². The topological polar surface area (TPSA) is 215 Å². The van der Waals surface area contributed by atoms with Crippen LogP contribution in [0.4, 0.5) is 0 Å². The predicted molar refractivity (Wildman–Crippen MR) is 546 cm³/mol. The highest BCUT2D eigenvalue weighted by atomic mass is 127. The van der Waals surface area contributed by atoms with Gasteiger partial charge in [0.2, 0.25) is 0 Å². The molecule has 2 aliphatic heterocycles. The van der Waals surface area contributed by atoms with E-state index in [4.69, 9.17) is 21.5 Å². The lowest BCUT2D eigenvalue weighted by atomic mass is 9.72. The van der Waals surface area contributed by atoms with Gasteiger partial charge in [-0.2, -0.15) is 0 Å². The monoisotopic (exact) mass is 2030 g/mol. The Morgan fingerprint density at radius 3 is 1.09 bits per heavy atom. The van der Waals surface area contributed by atoms with Crippen molar-refractivity contribution in [3.8, 4) is 5.75 Å². The number of aldehydes is 1. The van der Waals surface area contributed by atoms with Crippen LogP contribution in [-0.4, -0.2) is 82.8 Å². The molecular formula is C111H133BrI2N5O8P. The van der Waals surface area contributed by atoms with Gasteiger partial charge in [-0.05, 0) is 344 Å². The van der Waals surface area contributed by atoms with Crippen molar-refractivity contribution in [2.75, 3.05) is 32.9 Å². The molecule has 0 saturated carbocycles. The zero-order chi connectivity index (χ0) is 92.1. The largest absolute Gasteiger partial charge is 1.00 e. The smallest absolute Gasteiger partial charge is 0.261 e. The Morgan fingerprint density at radius 2 is 0.758 bits per heavy atom. The normalized spacial score (nSPS) is 17.0. The number of carbonyl (C=O) groups excluding carboxylic acids is 5. The minimum atomic E-state index is -1.80. The lowest BCUT2D eigenvalue weighted by Gasteiger charge is -2.38. The van der Waals surface area contributed by atoms with Gasteiger partial charge in [-0.25, -0.2) is 11.1 Å². The van der Waals surface area contributed by atoms with E-state index in [2.05, 4.69) is 292 Å². The number of aliphatic hydroxyl groups is 2. The number of ether oxygens (including phenoxy) is 1. The summed E-state index contributed by atoms with van der Waals surface area (Å²) < 4.78 is 7.49. The first kappa shape index (κ1) is 104. The van der Waals surface area contributed by atoms with E-state index in [1.807, 2.05) is 60.7 Å². The molecular weight excluding hydrogens is 1900 g/mol. The van der Waals surface area contributed by atoms with Crippen LogP contribution in [0.15, 0.2) is 299 Å². The molecule has 9 aromatic rings. The van der Waals surface area contributed by atoms with Crippen molar-refractivity contribution in [2.24, 2.45) is 27.4 Å². The van der Waals surface area contributed by atoms with Crippen molar-refractivity contribution < 1.29 is 57.3 Å². The lowest BCUT2D eigenvalue weighted by molar-refractivity contribution is -0.107. The van der Waals surface area contributed by atoms with Crippen molar-refractivity contribution in [1.82, 2.24) is 9.80 Å². The molecule has 128 heavy (non-hydrogen) atoms. The number of halogens is 3. The summed E-state index contributed by atoms with van der Waals surface area (Å²) in [6.07, 6.45) is 30.2. The molecule has 13 nitrogen and oxygen atoms in total. The Bertz CT molecular complexity index is 5320. The minimum Gasteiger partial charge on any atom is -1.00 e. The van der Waals surface area contributed by atoms with Crippen molar-refractivity contribution in [2.45, 2.75) is 192 Å².